The van der Waals surface area contributed by atoms with Gasteiger partial charge in [-0.25, -0.2) is 4.79 Å². The molecule has 0 bridgehead atoms. The summed E-state index contributed by atoms with van der Waals surface area (Å²) in [6.07, 6.45) is 2.00. The molecule has 0 unspecified atom stereocenters. The Morgan fingerprint density at radius 2 is 1.62 bits per heavy atom. The first-order chi connectivity index (χ1) is 15.2. The van der Waals surface area contributed by atoms with Crippen LogP contribution in [0.3, 0.4) is 0 Å². The van der Waals surface area contributed by atoms with Gasteiger partial charge in [0, 0.05) is 24.2 Å². The fourth-order valence-electron chi connectivity index (χ4n) is 2.55. The molecule has 0 atom stereocenters. The van der Waals surface area contributed by atoms with Gasteiger partial charge in [-0.15, -0.1) is 0 Å². The van der Waals surface area contributed by atoms with Crippen molar-refractivity contribution in [3.8, 4) is 5.75 Å². The van der Waals surface area contributed by atoms with Gasteiger partial charge in [-0.1, -0.05) is 0 Å². The molecule has 0 spiro atoms. The second-order valence-electron chi connectivity index (χ2n) is 7.88. The molecule has 3 N–H and O–H groups in total. The van der Waals surface area contributed by atoms with Crippen LogP contribution in [-0.2, 0) is 20.4 Å². The molecule has 9 nitrogen and oxygen atoms in total. The first kappa shape index (κ1) is 28.1. The lowest BCUT2D eigenvalue weighted by Gasteiger charge is -2.19. The molecule has 1 rings (SSSR count). The molecule has 10 heteroatoms. The maximum atomic E-state index is 12.4. The molecule has 0 aliphatic rings. The fourth-order valence-corrected chi connectivity index (χ4v) is 3.49. The molecule has 1 aromatic rings. The third-order valence-corrected chi connectivity index (χ3v) is 5.23. The molecular weight excluding hydrogens is 435 g/mol. The number of carbonyl (C=O) groups excluding carboxylic acids is 2. The number of amides is 2. The summed E-state index contributed by atoms with van der Waals surface area (Å²) >= 11 is 0. The second kappa shape index (κ2) is 15.0. The van der Waals surface area contributed by atoms with Crippen LogP contribution in [0.4, 0.5) is 4.79 Å². The number of aliphatic hydroxyl groups is 1. The number of unbranched alkanes of at least 4 members (excludes halogenated alkanes) is 2. The summed E-state index contributed by atoms with van der Waals surface area (Å²) in [7, 11) is -1.56. The number of hydrogen-bond donors (Lipinski definition) is 3. The molecule has 0 saturated heterocycles. The van der Waals surface area contributed by atoms with Crippen LogP contribution in [0, 0.1) is 0 Å². The lowest BCUT2D eigenvalue weighted by molar-refractivity contribution is 0.0527. The number of hydrogen-bond acceptors (Lipinski definition) is 7. The normalized spacial score (nSPS) is 11.3. The molecule has 32 heavy (non-hydrogen) atoms. The fraction of sp³-hybridized carbons (Fsp3) is 0.636. The molecule has 0 aromatic heterocycles. The maximum absolute atomic E-state index is 12.4. The molecule has 0 fully saturated rings. The molecule has 0 saturated carbocycles. The minimum absolute atomic E-state index is 0.227. The quantitative estimate of drug-likeness (QED) is 0.273. The van der Waals surface area contributed by atoms with Crippen molar-refractivity contribution >= 4 is 20.6 Å². The van der Waals surface area contributed by atoms with Gasteiger partial charge in [-0.05, 0) is 72.1 Å². The zero-order valence-electron chi connectivity index (χ0n) is 19.7. The highest BCUT2D eigenvalue weighted by Gasteiger charge is 2.17. The lowest BCUT2D eigenvalue weighted by atomic mass is 10.1. The van der Waals surface area contributed by atoms with Crippen LogP contribution in [0.2, 0.25) is 0 Å². The number of rotatable bonds is 14. The monoisotopic (exact) mass is 472 g/mol. The van der Waals surface area contributed by atoms with Gasteiger partial charge in [0.05, 0.1) is 19.8 Å². The van der Waals surface area contributed by atoms with E-state index in [0.29, 0.717) is 43.2 Å². The summed E-state index contributed by atoms with van der Waals surface area (Å²) in [5, 5.41) is 15.2. The number of nitrogens with one attached hydrogen (secondary N) is 2. The number of benzene rings is 1. The topological polar surface area (TPSA) is 115 Å². The van der Waals surface area contributed by atoms with Gasteiger partial charge < -0.3 is 34.0 Å². The Balaban J connectivity index is 2.41. The van der Waals surface area contributed by atoms with Crippen LogP contribution in [-0.4, -0.2) is 49.0 Å². The molecule has 2 amide bonds. The van der Waals surface area contributed by atoms with Crippen LogP contribution >= 0.6 is 8.60 Å². The van der Waals surface area contributed by atoms with Gasteiger partial charge in [0.1, 0.15) is 11.4 Å². The Morgan fingerprint density at radius 1 is 1.00 bits per heavy atom. The van der Waals surface area contributed by atoms with Crippen LogP contribution in [0.5, 0.6) is 5.75 Å². The van der Waals surface area contributed by atoms with Crippen molar-refractivity contribution in [2.24, 2.45) is 0 Å². The summed E-state index contributed by atoms with van der Waals surface area (Å²) in [4.78, 5) is 24.0. The lowest BCUT2D eigenvalue weighted by Crippen LogP contribution is -2.33. The predicted octanol–water partition coefficient (Wildman–Crippen LogP) is 4.28. The summed E-state index contributed by atoms with van der Waals surface area (Å²) in [6, 6.07) is 4.87. The highest BCUT2D eigenvalue weighted by molar-refractivity contribution is 7.42. The molecule has 0 aliphatic carbocycles. The van der Waals surface area contributed by atoms with Crippen molar-refractivity contribution in [1.29, 1.82) is 0 Å². The number of ether oxygens (including phenoxy) is 1. The van der Waals surface area contributed by atoms with Crippen molar-refractivity contribution in [3.63, 3.8) is 0 Å². The van der Waals surface area contributed by atoms with Crippen LogP contribution in [0.25, 0.3) is 0 Å². The van der Waals surface area contributed by atoms with E-state index in [1.807, 2.05) is 34.6 Å². The summed E-state index contributed by atoms with van der Waals surface area (Å²) in [5.74, 6) is 0.199. The summed E-state index contributed by atoms with van der Waals surface area (Å²) < 4.78 is 21.7. The molecule has 1 aromatic carbocycles. The van der Waals surface area contributed by atoms with E-state index in [-0.39, 0.29) is 12.5 Å². The second-order valence-corrected chi connectivity index (χ2v) is 9.02. The Hall–Kier alpha value is -1.93. The number of aliphatic hydroxyl groups excluding tert-OH is 1. The van der Waals surface area contributed by atoms with Gasteiger partial charge in [0.15, 0.2) is 0 Å². The van der Waals surface area contributed by atoms with Crippen molar-refractivity contribution < 1.29 is 33.0 Å². The van der Waals surface area contributed by atoms with Gasteiger partial charge in [0.25, 0.3) is 5.91 Å². The van der Waals surface area contributed by atoms with E-state index < -0.39 is 20.3 Å². The minimum Gasteiger partial charge on any atom is -0.444 e. The average Bonchev–Trinajstić information content (AvgIpc) is 2.72. The van der Waals surface area contributed by atoms with Crippen LogP contribution in [0.1, 0.15) is 69.8 Å². The average molecular weight is 473 g/mol. The van der Waals surface area contributed by atoms with Crippen molar-refractivity contribution in [3.05, 3.63) is 29.3 Å². The molecular formula is C22H37N2O7P. The van der Waals surface area contributed by atoms with E-state index in [0.717, 1.165) is 19.3 Å². The van der Waals surface area contributed by atoms with Crippen LogP contribution in [0.15, 0.2) is 18.2 Å². The van der Waals surface area contributed by atoms with E-state index in [1.165, 1.54) is 0 Å². The SMILES string of the molecule is CCOP(OCC)Oc1ccc(C(=O)NCCCCCNC(=O)OC(C)(C)C)cc1CO. The highest BCUT2D eigenvalue weighted by Crippen LogP contribution is 2.41. The van der Waals surface area contributed by atoms with Crippen LogP contribution < -0.4 is 15.2 Å². The Labute approximate surface area is 192 Å². The smallest absolute Gasteiger partial charge is 0.407 e. The standard InChI is InChI=1S/C22H37N2O7P/c1-6-28-32(29-7-2)31-19-12-11-17(15-18(19)16-25)20(26)23-13-9-8-10-14-24-21(27)30-22(3,4)5/h11-12,15,25H,6-10,13-14,16H2,1-5H3,(H,23,26)(H,24,27). The molecule has 0 aliphatic heterocycles. The third kappa shape index (κ3) is 11.6. The van der Waals surface area contributed by atoms with E-state index >= 15 is 0 Å². The minimum atomic E-state index is -1.56. The zero-order valence-corrected chi connectivity index (χ0v) is 20.6. The van der Waals surface area contributed by atoms with Gasteiger partial charge in [-0.2, -0.15) is 0 Å². The Morgan fingerprint density at radius 3 is 2.19 bits per heavy atom. The van der Waals surface area contributed by atoms with E-state index in [9.17, 15) is 14.7 Å². The Bertz CT molecular complexity index is 704. The molecule has 0 heterocycles. The van der Waals surface area contributed by atoms with Gasteiger partial charge in [0.2, 0.25) is 0 Å². The van der Waals surface area contributed by atoms with E-state index in [4.69, 9.17) is 18.3 Å². The molecule has 0 radical (unpaired) electrons. The van der Waals surface area contributed by atoms with Gasteiger partial charge >= 0.3 is 14.7 Å². The van der Waals surface area contributed by atoms with Crippen molar-refractivity contribution in [1.82, 2.24) is 10.6 Å². The van der Waals surface area contributed by atoms with Crippen molar-refractivity contribution in [2.45, 2.75) is 66.1 Å². The number of alkyl carbamates (subject to hydrolysis) is 1. The highest BCUT2D eigenvalue weighted by atomic mass is 31.2. The first-order valence-corrected chi connectivity index (χ1v) is 12.0. The van der Waals surface area contributed by atoms with E-state index in [2.05, 4.69) is 10.6 Å². The first-order valence-electron chi connectivity index (χ1n) is 10.9. The van der Waals surface area contributed by atoms with Gasteiger partial charge in [-0.3, -0.25) is 4.79 Å². The molecule has 182 valence electrons. The zero-order chi connectivity index (χ0) is 24.0. The number of carbonyl (C=O) groups is 2. The van der Waals surface area contributed by atoms with Crippen molar-refractivity contribution in [2.75, 3.05) is 26.3 Å². The largest absolute Gasteiger partial charge is 0.444 e. The third-order valence-electron chi connectivity index (χ3n) is 3.94. The predicted molar refractivity (Wildman–Crippen MR) is 124 cm³/mol. The maximum Gasteiger partial charge on any atom is 0.407 e. The summed E-state index contributed by atoms with van der Waals surface area (Å²) in [6.45, 7) is 10.8. The Kier molecular flexibility index (Phi) is 13.2. The summed E-state index contributed by atoms with van der Waals surface area (Å²) in [5.41, 5.74) is 0.409. The van der Waals surface area contributed by atoms with E-state index in [1.54, 1.807) is 18.2 Å².